The molecule has 13 rings (SSSR count). The lowest BCUT2D eigenvalue weighted by atomic mass is 10.0. The van der Waals surface area contributed by atoms with Crippen molar-refractivity contribution in [1.29, 1.82) is 0 Å². The number of aliphatic hydroxyl groups excluding tert-OH is 2. The molecule has 2 aliphatic carbocycles. The third kappa shape index (κ3) is 11.0. The lowest BCUT2D eigenvalue weighted by Crippen LogP contribution is -2.40. The maximum atomic E-state index is 12.7. The molecule has 77 heavy (non-hydrogen) atoms. The van der Waals surface area contributed by atoms with E-state index in [1.807, 2.05) is 69.2 Å². The first kappa shape index (κ1) is 52.5. The van der Waals surface area contributed by atoms with E-state index in [1.54, 1.807) is 26.4 Å². The summed E-state index contributed by atoms with van der Waals surface area (Å²) in [7, 11) is 0.787. The van der Waals surface area contributed by atoms with E-state index in [2.05, 4.69) is 68.7 Å². The van der Waals surface area contributed by atoms with Crippen molar-refractivity contribution in [2.45, 2.75) is 88.9 Å². The number of hydrogen-bond acceptors (Lipinski definition) is 12. The second-order valence-corrected chi connectivity index (χ2v) is 21.3. The van der Waals surface area contributed by atoms with Gasteiger partial charge in [-0.1, -0.05) is 61.0 Å². The highest BCUT2D eigenvalue weighted by molar-refractivity contribution is 7.85. The van der Waals surface area contributed by atoms with Crippen LogP contribution in [0.5, 0.6) is 0 Å². The average Bonchev–Trinajstić information content (AvgIpc) is 4.37. The lowest BCUT2D eigenvalue weighted by molar-refractivity contribution is -0.135. The maximum absolute atomic E-state index is 12.7. The fourth-order valence-electron chi connectivity index (χ4n) is 10.1. The van der Waals surface area contributed by atoms with E-state index in [0.717, 1.165) is 141 Å². The van der Waals surface area contributed by atoms with Crippen LogP contribution in [-0.4, -0.2) is 120 Å². The molecular weight excluding hydrogens is 997 g/mol. The van der Waals surface area contributed by atoms with Crippen LogP contribution in [0.2, 0.25) is 0 Å². The summed E-state index contributed by atoms with van der Waals surface area (Å²) in [5.74, 6) is 3.26. The topological polar surface area (TPSA) is 233 Å². The minimum atomic E-state index is -4.02. The van der Waals surface area contributed by atoms with Crippen molar-refractivity contribution in [2.24, 2.45) is 14.1 Å². The number of fused-ring (bicyclic) bond motifs is 4. The first-order valence-corrected chi connectivity index (χ1v) is 27.3. The van der Waals surface area contributed by atoms with Gasteiger partial charge >= 0.3 is 0 Å². The van der Waals surface area contributed by atoms with Gasteiger partial charge in [-0.2, -0.15) is 18.6 Å². The Morgan fingerprint density at radius 1 is 0.623 bits per heavy atom. The second-order valence-electron chi connectivity index (χ2n) is 19.9. The Balaban J connectivity index is 0.000000143. The van der Waals surface area contributed by atoms with E-state index in [1.165, 1.54) is 12.1 Å². The van der Waals surface area contributed by atoms with Gasteiger partial charge in [0, 0.05) is 104 Å². The molecule has 6 aromatic heterocycles. The zero-order chi connectivity index (χ0) is 54.1. The van der Waals surface area contributed by atoms with E-state index >= 15 is 0 Å². The fourth-order valence-corrected chi connectivity index (χ4v) is 10.6. The molecule has 0 saturated heterocycles. The second kappa shape index (κ2) is 22.0. The maximum Gasteiger partial charge on any atom is 0.294 e. The van der Waals surface area contributed by atoms with Crippen LogP contribution in [0, 0.1) is 6.92 Å². The van der Waals surface area contributed by atoms with Crippen LogP contribution in [0.4, 0.5) is 0 Å². The number of carbonyl (C=O) groups is 2. The molecule has 8 heterocycles. The highest BCUT2D eigenvalue weighted by atomic mass is 32.2. The summed E-state index contributed by atoms with van der Waals surface area (Å²) >= 11 is 0. The van der Waals surface area contributed by atoms with Crippen molar-refractivity contribution < 1.29 is 32.8 Å². The summed E-state index contributed by atoms with van der Waals surface area (Å²) < 4.78 is 37.4. The van der Waals surface area contributed by atoms with Crippen LogP contribution < -0.4 is 0 Å². The van der Waals surface area contributed by atoms with Crippen LogP contribution in [0.25, 0.3) is 66.6 Å². The van der Waals surface area contributed by atoms with E-state index in [4.69, 9.17) is 29.6 Å². The van der Waals surface area contributed by atoms with Crippen LogP contribution in [0.3, 0.4) is 0 Å². The number of amides is 2. The number of aliphatic hydroxyl groups is 2. The largest absolute Gasteiger partial charge is 0.400 e. The van der Waals surface area contributed by atoms with Gasteiger partial charge in [0.15, 0.2) is 0 Å². The molecule has 4 aliphatic rings. The Hall–Kier alpha value is -7.91. The average molecular weight is 1060 g/mol. The van der Waals surface area contributed by atoms with E-state index in [9.17, 15) is 23.1 Å². The summed E-state index contributed by atoms with van der Waals surface area (Å²) in [6.07, 6.45) is 17.0. The zero-order valence-electron chi connectivity index (χ0n) is 43.8. The minimum Gasteiger partial charge on any atom is -0.400 e. The molecule has 0 spiro atoms. The Bertz CT molecular complexity index is 3550. The van der Waals surface area contributed by atoms with Crippen molar-refractivity contribution in [2.75, 3.05) is 26.8 Å². The molecule has 20 heteroatoms. The molecule has 9 aromatic rings. The Morgan fingerprint density at radius 3 is 1.47 bits per heavy atom. The Morgan fingerprint density at radius 2 is 1.08 bits per heavy atom. The monoisotopic (exact) mass is 1060 g/mol. The molecule has 3 aromatic carbocycles. The lowest BCUT2D eigenvalue weighted by Gasteiger charge is -2.29. The smallest absolute Gasteiger partial charge is 0.294 e. The molecular formula is C57H62N12O7S. The van der Waals surface area contributed by atoms with Crippen molar-refractivity contribution in [3.05, 3.63) is 139 Å². The van der Waals surface area contributed by atoms with Crippen molar-refractivity contribution in [3.63, 3.8) is 0 Å². The van der Waals surface area contributed by atoms with Crippen LogP contribution >= 0.6 is 0 Å². The first-order chi connectivity index (χ1) is 37.2. The van der Waals surface area contributed by atoms with Gasteiger partial charge in [-0.25, -0.2) is 9.97 Å². The summed E-state index contributed by atoms with van der Waals surface area (Å²) in [5.41, 5.74) is 11.0. The number of hydrogen-bond donors (Lipinski definition) is 3. The van der Waals surface area contributed by atoms with Gasteiger partial charge in [0.25, 0.3) is 10.1 Å². The Kier molecular flexibility index (Phi) is 15.0. The summed E-state index contributed by atoms with van der Waals surface area (Å²) in [4.78, 5) is 48.6. The van der Waals surface area contributed by atoms with Gasteiger partial charge in [-0.3, -0.25) is 33.5 Å². The molecule has 2 aliphatic heterocycles. The zero-order valence-corrected chi connectivity index (χ0v) is 44.6. The van der Waals surface area contributed by atoms with E-state index in [-0.39, 0.29) is 23.3 Å². The van der Waals surface area contributed by atoms with Crippen LogP contribution in [0.1, 0.15) is 79.5 Å². The predicted octanol–water partition coefficient (Wildman–Crippen LogP) is 7.69. The first-order valence-electron chi connectivity index (χ1n) is 25.8. The molecule has 2 amide bonds. The molecule has 2 saturated carbocycles. The van der Waals surface area contributed by atoms with Gasteiger partial charge in [-0.05, 0) is 74.1 Å². The molecule has 0 atom stereocenters. The molecule has 0 unspecified atom stereocenters. The number of rotatable bonds is 11. The molecule has 398 valence electrons. The Labute approximate surface area is 446 Å². The van der Waals surface area contributed by atoms with Gasteiger partial charge in [-0.15, -0.1) is 0 Å². The predicted molar refractivity (Wildman–Crippen MR) is 292 cm³/mol. The number of pyridine rings is 2. The number of carbonyl (C=O) groups excluding carboxylic acids is 2. The quantitative estimate of drug-likeness (QED) is 0.106. The van der Waals surface area contributed by atoms with E-state index < -0.39 is 10.1 Å². The molecule has 0 bridgehead atoms. The highest BCUT2D eigenvalue weighted by Gasteiger charge is 2.37. The van der Waals surface area contributed by atoms with Crippen molar-refractivity contribution in [3.8, 4) is 45.0 Å². The number of aryl methyl sites for hydroxylation is 3. The highest BCUT2D eigenvalue weighted by Crippen LogP contribution is 2.45. The summed E-state index contributed by atoms with van der Waals surface area (Å²) in [5, 5.41) is 29.3. The van der Waals surface area contributed by atoms with Gasteiger partial charge in [0.2, 0.25) is 11.8 Å². The van der Waals surface area contributed by atoms with Gasteiger partial charge in [0.05, 0.1) is 71.1 Å². The van der Waals surface area contributed by atoms with Crippen molar-refractivity contribution >= 4 is 43.5 Å². The van der Waals surface area contributed by atoms with Gasteiger partial charge in [0.1, 0.15) is 24.7 Å². The standard InChI is InChI=1S/C25H26N6O.C24H24N6O2.C7H8O3S.CH4O/c1-3-9-30-14-22-24(28-25(16-7-8-16)31(22)15-23(30)32)19-6-4-5-17-10-21(26-12-20(17)19)18-11-27-29(2)13-18;1-28-12-17(10-26-28)20-9-16-3-2-4-18(19(16)11-25-20)23-21-13-29(7-8-31)22(32)14-30(21)24(27-23)15-5-6-15;1-6-2-4-7(5-3-6)11(8,9)10;1-2/h4-6,10-13,16H,3,7-9,14-15H2,1-2H3;2-4,9-12,15,31H,5-8,13-14H2,1H3;2-5H,1H3,(H,8,9,10);2H,1H3. The van der Waals surface area contributed by atoms with Crippen molar-refractivity contribution in [1.82, 2.24) is 58.4 Å². The molecule has 0 radical (unpaired) electrons. The number of imidazole rings is 2. The number of β-amino-alcohol motifs (C(OH)–C–C–N with tert-alkyl or cyclic N) is 1. The molecule has 19 nitrogen and oxygen atoms in total. The van der Waals surface area contributed by atoms with Gasteiger partial charge < -0.3 is 29.1 Å². The number of benzene rings is 3. The number of nitrogens with zero attached hydrogens (tertiary/aromatic N) is 12. The molecule has 2 fully saturated rings. The third-order valence-corrected chi connectivity index (χ3v) is 15.2. The summed E-state index contributed by atoms with van der Waals surface area (Å²) in [6, 6.07) is 22.8. The minimum absolute atomic E-state index is 0.0399. The van der Waals surface area contributed by atoms with Crippen LogP contribution in [0.15, 0.2) is 115 Å². The van der Waals surface area contributed by atoms with Crippen LogP contribution in [-0.2, 0) is 60.0 Å². The fraction of sp³-hybridized carbons (Fsp3) is 0.333. The third-order valence-electron chi connectivity index (χ3n) is 14.3. The number of aromatic nitrogens is 10. The van der Waals surface area contributed by atoms with E-state index in [0.29, 0.717) is 44.6 Å². The molecule has 3 N–H and O–H groups in total. The normalized spacial score (nSPS) is 15.1. The summed E-state index contributed by atoms with van der Waals surface area (Å²) in [6.45, 7) is 6.83. The SMILES string of the molecule is CCCN1Cc2c(-c3cccc4cc(-c5cnn(C)c5)ncc34)nc(C3CC3)n2CC1=O.CO.Cc1ccc(S(=O)(=O)O)cc1.Cn1cc(-c2cc3cccc(-c4nc(C5CC5)n5c4CN(CCO)C(=O)C5)c3cn2)cn1.